The van der Waals surface area contributed by atoms with Crippen molar-refractivity contribution in [2.45, 2.75) is 12.6 Å². The minimum Gasteiger partial charge on any atom is -0.396 e. The van der Waals surface area contributed by atoms with Crippen molar-refractivity contribution in [2.24, 2.45) is 0 Å². The number of rotatable bonds is 3. The van der Waals surface area contributed by atoms with Crippen molar-refractivity contribution in [3.8, 4) is 6.07 Å². The number of aliphatic hydroxyl groups is 1. The maximum atomic E-state index is 12.5. The summed E-state index contributed by atoms with van der Waals surface area (Å²) < 4.78 is 37.5. The zero-order valence-corrected chi connectivity index (χ0v) is 8.83. The van der Waals surface area contributed by atoms with Gasteiger partial charge in [0.15, 0.2) is 0 Å². The monoisotopic (exact) mass is 241 g/mol. The van der Waals surface area contributed by atoms with Crippen LogP contribution in [0.4, 0.5) is 13.2 Å². The minimum absolute atomic E-state index is 0.0385. The SMILES string of the molecule is N#Cc1cc(C=CCCO)cc(C(F)(F)F)c1. The molecule has 1 rings (SSSR count). The molecule has 0 radical (unpaired) electrons. The molecule has 0 saturated heterocycles. The van der Waals surface area contributed by atoms with E-state index in [1.807, 2.05) is 0 Å². The lowest BCUT2D eigenvalue weighted by molar-refractivity contribution is -0.137. The third kappa shape index (κ3) is 3.93. The Morgan fingerprint density at radius 1 is 1.29 bits per heavy atom. The van der Waals surface area contributed by atoms with Gasteiger partial charge in [-0.15, -0.1) is 0 Å². The zero-order valence-electron chi connectivity index (χ0n) is 8.83. The fourth-order valence-electron chi connectivity index (χ4n) is 1.27. The number of halogens is 3. The van der Waals surface area contributed by atoms with E-state index in [1.165, 1.54) is 12.1 Å². The summed E-state index contributed by atoms with van der Waals surface area (Å²) in [6.07, 6.45) is -1.10. The van der Waals surface area contributed by atoms with Crippen LogP contribution in [0.15, 0.2) is 24.3 Å². The van der Waals surface area contributed by atoms with Gasteiger partial charge >= 0.3 is 6.18 Å². The maximum Gasteiger partial charge on any atom is 0.416 e. The van der Waals surface area contributed by atoms with Crippen LogP contribution in [0.5, 0.6) is 0 Å². The summed E-state index contributed by atoms with van der Waals surface area (Å²) >= 11 is 0. The summed E-state index contributed by atoms with van der Waals surface area (Å²) in [5.41, 5.74) is -0.589. The third-order valence-electron chi connectivity index (χ3n) is 2.02. The van der Waals surface area contributed by atoms with Crippen LogP contribution in [0.25, 0.3) is 6.08 Å². The molecule has 0 bridgehead atoms. The molecule has 0 fully saturated rings. The molecule has 0 heterocycles. The Kier molecular flexibility index (Phi) is 4.30. The van der Waals surface area contributed by atoms with E-state index in [2.05, 4.69) is 0 Å². The Hall–Kier alpha value is -1.80. The molecule has 2 nitrogen and oxygen atoms in total. The van der Waals surface area contributed by atoms with Crippen molar-refractivity contribution < 1.29 is 18.3 Å². The van der Waals surface area contributed by atoms with Crippen LogP contribution in [0.3, 0.4) is 0 Å². The van der Waals surface area contributed by atoms with Gasteiger partial charge in [0, 0.05) is 6.61 Å². The predicted molar refractivity (Wildman–Crippen MR) is 56.9 cm³/mol. The van der Waals surface area contributed by atoms with Gasteiger partial charge in [-0.3, -0.25) is 0 Å². The maximum absolute atomic E-state index is 12.5. The molecule has 0 atom stereocenters. The van der Waals surface area contributed by atoms with Crippen LogP contribution < -0.4 is 0 Å². The molecule has 1 N–H and O–H groups in total. The smallest absolute Gasteiger partial charge is 0.396 e. The van der Waals surface area contributed by atoms with Crippen molar-refractivity contribution in [1.82, 2.24) is 0 Å². The second-order valence-corrected chi connectivity index (χ2v) is 3.37. The van der Waals surface area contributed by atoms with Gasteiger partial charge in [-0.1, -0.05) is 12.2 Å². The molecule has 1 aromatic rings. The van der Waals surface area contributed by atoms with Gasteiger partial charge in [0.05, 0.1) is 17.2 Å². The lowest BCUT2D eigenvalue weighted by Gasteiger charge is -2.07. The van der Waals surface area contributed by atoms with Crippen LogP contribution in [0.1, 0.15) is 23.1 Å². The van der Waals surface area contributed by atoms with E-state index < -0.39 is 11.7 Å². The van der Waals surface area contributed by atoms with Gasteiger partial charge in [0.25, 0.3) is 0 Å². The molecule has 0 aliphatic heterocycles. The first-order valence-corrected chi connectivity index (χ1v) is 4.87. The molecular weight excluding hydrogens is 231 g/mol. The van der Waals surface area contributed by atoms with E-state index in [0.29, 0.717) is 12.0 Å². The van der Waals surface area contributed by atoms with Crippen LogP contribution in [0.2, 0.25) is 0 Å². The fraction of sp³-hybridized carbons (Fsp3) is 0.250. The lowest BCUT2D eigenvalue weighted by Crippen LogP contribution is -2.05. The molecule has 17 heavy (non-hydrogen) atoms. The van der Waals surface area contributed by atoms with Crippen LogP contribution in [0, 0.1) is 11.3 Å². The number of hydrogen-bond donors (Lipinski definition) is 1. The molecule has 0 spiro atoms. The Morgan fingerprint density at radius 3 is 2.53 bits per heavy atom. The Balaban J connectivity index is 3.11. The molecule has 0 aromatic heterocycles. The molecule has 0 aliphatic carbocycles. The predicted octanol–water partition coefficient (Wildman–Crippen LogP) is 2.97. The van der Waals surface area contributed by atoms with Crippen molar-refractivity contribution >= 4 is 6.08 Å². The molecule has 5 heteroatoms. The summed E-state index contributed by atoms with van der Waals surface area (Å²) in [5, 5.41) is 17.2. The van der Waals surface area contributed by atoms with Crippen LogP contribution >= 0.6 is 0 Å². The van der Waals surface area contributed by atoms with Gasteiger partial charge in [-0.25, -0.2) is 0 Å². The van der Waals surface area contributed by atoms with Crippen molar-refractivity contribution in [3.63, 3.8) is 0 Å². The van der Waals surface area contributed by atoms with E-state index >= 15 is 0 Å². The van der Waals surface area contributed by atoms with Crippen LogP contribution in [-0.4, -0.2) is 11.7 Å². The van der Waals surface area contributed by atoms with Gasteiger partial charge in [-0.2, -0.15) is 18.4 Å². The Labute approximate surface area is 96.6 Å². The van der Waals surface area contributed by atoms with Gasteiger partial charge in [0.2, 0.25) is 0 Å². The first-order chi connectivity index (χ1) is 7.97. The molecule has 0 saturated carbocycles. The van der Waals surface area contributed by atoms with E-state index in [-0.39, 0.29) is 12.2 Å². The van der Waals surface area contributed by atoms with Crippen LogP contribution in [-0.2, 0) is 6.18 Å². The van der Waals surface area contributed by atoms with Gasteiger partial charge < -0.3 is 5.11 Å². The van der Waals surface area contributed by atoms with Crippen molar-refractivity contribution in [2.75, 3.05) is 6.61 Å². The fourth-order valence-corrected chi connectivity index (χ4v) is 1.27. The number of benzene rings is 1. The highest BCUT2D eigenvalue weighted by atomic mass is 19.4. The average Bonchev–Trinajstić information content (AvgIpc) is 2.28. The molecule has 0 aliphatic rings. The molecule has 0 amide bonds. The summed E-state index contributed by atoms with van der Waals surface area (Å²) in [4.78, 5) is 0. The highest BCUT2D eigenvalue weighted by Gasteiger charge is 2.30. The summed E-state index contributed by atoms with van der Waals surface area (Å²) in [7, 11) is 0. The molecule has 0 unspecified atom stereocenters. The second kappa shape index (κ2) is 5.51. The zero-order chi connectivity index (χ0) is 12.9. The summed E-state index contributed by atoms with van der Waals surface area (Å²) in [6.45, 7) is -0.0689. The standard InChI is InChI=1S/C12H10F3NO/c13-12(14,15)11-6-9(3-1-2-4-17)5-10(7-11)8-16/h1,3,5-7,17H,2,4H2. The Bertz CT molecular complexity index is 458. The normalized spacial score (nSPS) is 11.7. The number of nitriles is 1. The first-order valence-electron chi connectivity index (χ1n) is 4.87. The molecule has 1 aromatic carbocycles. The van der Waals surface area contributed by atoms with Gasteiger partial charge in [0.1, 0.15) is 0 Å². The van der Waals surface area contributed by atoms with Crippen molar-refractivity contribution in [1.29, 1.82) is 5.26 Å². The minimum atomic E-state index is -4.47. The summed E-state index contributed by atoms with van der Waals surface area (Å²) in [6, 6.07) is 4.83. The van der Waals surface area contributed by atoms with Gasteiger partial charge in [-0.05, 0) is 30.2 Å². The van der Waals surface area contributed by atoms with E-state index in [4.69, 9.17) is 10.4 Å². The third-order valence-corrected chi connectivity index (χ3v) is 2.02. The highest BCUT2D eigenvalue weighted by molar-refractivity contribution is 5.54. The topological polar surface area (TPSA) is 44.0 Å². The summed E-state index contributed by atoms with van der Waals surface area (Å²) in [5.74, 6) is 0. The Morgan fingerprint density at radius 2 is 2.00 bits per heavy atom. The number of aliphatic hydroxyl groups excluding tert-OH is 1. The molecule has 90 valence electrons. The number of nitrogens with zero attached hydrogens (tertiary/aromatic N) is 1. The quantitative estimate of drug-likeness (QED) is 0.884. The van der Waals surface area contributed by atoms with Crippen molar-refractivity contribution in [3.05, 3.63) is 41.0 Å². The average molecular weight is 241 g/mol. The largest absolute Gasteiger partial charge is 0.416 e. The molecular formula is C12H10F3NO. The number of alkyl halides is 3. The first kappa shape index (κ1) is 13.3. The van der Waals surface area contributed by atoms with E-state index in [1.54, 1.807) is 12.1 Å². The van der Waals surface area contributed by atoms with E-state index in [9.17, 15) is 13.2 Å². The lowest BCUT2D eigenvalue weighted by atomic mass is 10.1. The number of hydrogen-bond acceptors (Lipinski definition) is 2. The second-order valence-electron chi connectivity index (χ2n) is 3.37. The highest BCUT2D eigenvalue weighted by Crippen LogP contribution is 2.30. The van der Waals surface area contributed by atoms with E-state index in [0.717, 1.165) is 12.1 Å².